The molecular formula is C20H22ClFN2O2. The van der Waals surface area contributed by atoms with Crippen molar-refractivity contribution in [1.29, 1.82) is 0 Å². The summed E-state index contributed by atoms with van der Waals surface area (Å²) < 4.78 is 13.4. The minimum Gasteiger partial charge on any atom is -0.349 e. The van der Waals surface area contributed by atoms with E-state index in [1.54, 1.807) is 41.3 Å². The van der Waals surface area contributed by atoms with Gasteiger partial charge in [-0.1, -0.05) is 35.9 Å². The third-order valence-electron chi connectivity index (χ3n) is 4.03. The average molecular weight is 377 g/mol. The monoisotopic (exact) mass is 376 g/mol. The normalized spacial score (nSPS) is 11.7. The molecule has 0 heterocycles. The van der Waals surface area contributed by atoms with Crippen LogP contribution in [0.15, 0.2) is 48.5 Å². The number of rotatable bonds is 7. The number of amides is 2. The Balaban J connectivity index is 2.13. The van der Waals surface area contributed by atoms with Crippen LogP contribution in [0.4, 0.5) is 4.39 Å². The first-order valence-corrected chi connectivity index (χ1v) is 8.81. The lowest BCUT2D eigenvalue weighted by molar-refractivity contribution is -0.132. The van der Waals surface area contributed by atoms with Crippen molar-refractivity contribution < 1.29 is 14.0 Å². The SMILES string of the molecule is CCN(Cc1cccc(F)c1)C(=O)CC(NC(C)=O)c1ccc(Cl)cc1. The number of benzene rings is 2. The van der Waals surface area contributed by atoms with Gasteiger partial charge in [0.05, 0.1) is 12.5 Å². The van der Waals surface area contributed by atoms with E-state index in [1.807, 2.05) is 6.92 Å². The Morgan fingerprint density at radius 3 is 2.46 bits per heavy atom. The molecule has 0 spiro atoms. The fourth-order valence-electron chi connectivity index (χ4n) is 2.73. The van der Waals surface area contributed by atoms with E-state index in [-0.39, 0.29) is 24.1 Å². The van der Waals surface area contributed by atoms with Gasteiger partial charge < -0.3 is 10.2 Å². The maximum atomic E-state index is 13.4. The van der Waals surface area contributed by atoms with Gasteiger partial charge in [0, 0.05) is 25.0 Å². The van der Waals surface area contributed by atoms with Crippen molar-refractivity contribution in [3.05, 3.63) is 70.5 Å². The molecule has 2 aromatic carbocycles. The average Bonchev–Trinajstić information content (AvgIpc) is 2.59. The van der Waals surface area contributed by atoms with Gasteiger partial charge in [0.1, 0.15) is 5.82 Å². The van der Waals surface area contributed by atoms with Gasteiger partial charge in [-0.25, -0.2) is 4.39 Å². The molecule has 138 valence electrons. The lowest BCUT2D eigenvalue weighted by Crippen LogP contribution is -2.35. The fourth-order valence-corrected chi connectivity index (χ4v) is 2.85. The van der Waals surface area contributed by atoms with Gasteiger partial charge in [0.25, 0.3) is 0 Å². The molecule has 0 bridgehead atoms. The molecule has 1 atom stereocenters. The summed E-state index contributed by atoms with van der Waals surface area (Å²) in [4.78, 5) is 25.9. The smallest absolute Gasteiger partial charge is 0.225 e. The molecule has 0 aromatic heterocycles. The van der Waals surface area contributed by atoms with E-state index in [9.17, 15) is 14.0 Å². The molecule has 6 heteroatoms. The predicted molar refractivity (Wildman–Crippen MR) is 100 cm³/mol. The molecule has 0 saturated carbocycles. The van der Waals surface area contributed by atoms with Crippen molar-refractivity contribution >= 4 is 23.4 Å². The topological polar surface area (TPSA) is 49.4 Å². The Bertz CT molecular complexity index is 765. The summed E-state index contributed by atoms with van der Waals surface area (Å²) in [6.45, 7) is 4.09. The lowest BCUT2D eigenvalue weighted by atomic mass is 10.0. The van der Waals surface area contributed by atoms with Crippen molar-refractivity contribution in [2.24, 2.45) is 0 Å². The Kier molecular flexibility index (Phi) is 7.16. The van der Waals surface area contributed by atoms with Gasteiger partial charge in [0.15, 0.2) is 0 Å². The maximum Gasteiger partial charge on any atom is 0.225 e. The maximum absolute atomic E-state index is 13.4. The Morgan fingerprint density at radius 1 is 1.19 bits per heavy atom. The van der Waals surface area contributed by atoms with E-state index in [0.717, 1.165) is 11.1 Å². The largest absolute Gasteiger partial charge is 0.349 e. The molecule has 2 amide bonds. The predicted octanol–water partition coefficient (Wildman–Crippen LogP) is 4.10. The van der Waals surface area contributed by atoms with Crippen LogP contribution in [0, 0.1) is 5.82 Å². The highest BCUT2D eigenvalue weighted by Crippen LogP contribution is 2.21. The number of nitrogens with zero attached hydrogens (tertiary/aromatic N) is 1. The molecule has 0 aliphatic heterocycles. The highest BCUT2D eigenvalue weighted by molar-refractivity contribution is 6.30. The van der Waals surface area contributed by atoms with E-state index in [4.69, 9.17) is 11.6 Å². The highest BCUT2D eigenvalue weighted by Gasteiger charge is 2.21. The number of hydrogen-bond acceptors (Lipinski definition) is 2. The summed E-state index contributed by atoms with van der Waals surface area (Å²) in [5, 5.41) is 3.40. The Morgan fingerprint density at radius 2 is 1.88 bits per heavy atom. The zero-order valence-electron chi connectivity index (χ0n) is 14.8. The van der Waals surface area contributed by atoms with Crippen molar-refractivity contribution in [3.63, 3.8) is 0 Å². The molecule has 4 nitrogen and oxygen atoms in total. The standard InChI is InChI=1S/C20H22ClFN2O2/c1-3-24(13-15-5-4-6-18(22)11-15)20(26)12-19(23-14(2)25)16-7-9-17(21)10-8-16/h4-11,19H,3,12-13H2,1-2H3,(H,23,25). The summed E-state index contributed by atoms with van der Waals surface area (Å²) in [5.41, 5.74) is 1.53. The highest BCUT2D eigenvalue weighted by atomic mass is 35.5. The lowest BCUT2D eigenvalue weighted by Gasteiger charge is -2.25. The molecule has 0 fully saturated rings. The van der Waals surface area contributed by atoms with E-state index in [1.165, 1.54) is 19.1 Å². The zero-order chi connectivity index (χ0) is 19.1. The van der Waals surface area contributed by atoms with Crippen LogP contribution >= 0.6 is 11.6 Å². The van der Waals surface area contributed by atoms with Crippen LogP contribution in [0.25, 0.3) is 0 Å². The number of halogens is 2. The second kappa shape index (κ2) is 9.34. The third kappa shape index (κ3) is 5.85. The first kappa shape index (κ1) is 19.9. The molecule has 0 aliphatic carbocycles. The summed E-state index contributed by atoms with van der Waals surface area (Å²) in [7, 11) is 0. The van der Waals surface area contributed by atoms with Crippen LogP contribution < -0.4 is 5.32 Å². The summed E-state index contributed by atoms with van der Waals surface area (Å²) in [6, 6.07) is 12.8. The third-order valence-corrected chi connectivity index (χ3v) is 4.28. The van der Waals surface area contributed by atoms with Crippen molar-refractivity contribution in [2.45, 2.75) is 32.9 Å². The van der Waals surface area contributed by atoms with E-state index < -0.39 is 6.04 Å². The molecule has 2 aromatic rings. The fraction of sp³-hybridized carbons (Fsp3) is 0.300. The summed E-state index contributed by atoms with van der Waals surface area (Å²) in [6.07, 6.45) is 0.115. The molecule has 2 rings (SSSR count). The number of carbonyl (C=O) groups excluding carboxylic acids is 2. The van der Waals surface area contributed by atoms with Crippen LogP contribution in [-0.2, 0) is 16.1 Å². The van der Waals surface area contributed by atoms with Crippen LogP contribution in [0.3, 0.4) is 0 Å². The summed E-state index contributed by atoms with van der Waals surface area (Å²) in [5.74, 6) is -0.667. The Hall–Kier alpha value is -2.40. The van der Waals surface area contributed by atoms with Gasteiger partial charge in [-0.2, -0.15) is 0 Å². The van der Waals surface area contributed by atoms with E-state index in [2.05, 4.69) is 5.32 Å². The molecular weight excluding hydrogens is 355 g/mol. The number of carbonyl (C=O) groups is 2. The molecule has 0 aliphatic rings. The molecule has 0 radical (unpaired) electrons. The quantitative estimate of drug-likeness (QED) is 0.791. The van der Waals surface area contributed by atoms with Crippen molar-refractivity contribution in [1.82, 2.24) is 10.2 Å². The molecule has 1 unspecified atom stereocenters. The number of hydrogen-bond donors (Lipinski definition) is 1. The van der Waals surface area contributed by atoms with Crippen molar-refractivity contribution in [3.8, 4) is 0 Å². The van der Waals surface area contributed by atoms with E-state index in [0.29, 0.717) is 18.1 Å². The number of nitrogens with one attached hydrogen (secondary N) is 1. The first-order chi connectivity index (χ1) is 12.4. The molecule has 0 saturated heterocycles. The second-order valence-electron chi connectivity index (χ2n) is 6.05. The Labute approximate surface area is 158 Å². The first-order valence-electron chi connectivity index (χ1n) is 8.43. The van der Waals surface area contributed by atoms with Crippen LogP contribution in [0.1, 0.15) is 37.4 Å². The molecule has 26 heavy (non-hydrogen) atoms. The van der Waals surface area contributed by atoms with E-state index >= 15 is 0 Å². The van der Waals surface area contributed by atoms with Crippen LogP contribution in [0.5, 0.6) is 0 Å². The second-order valence-corrected chi connectivity index (χ2v) is 6.48. The molecule has 1 N–H and O–H groups in total. The van der Waals surface area contributed by atoms with Gasteiger partial charge >= 0.3 is 0 Å². The van der Waals surface area contributed by atoms with Crippen LogP contribution in [-0.4, -0.2) is 23.3 Å². The minimum atomic E-state index is -0.446. The van der Waals surface area contributed by atoms with Crippen molar-refractivity contribution in [2.75, 3.05) is 6.54 Å². The minimum absolute atomic E-state index is 0.115. The van der Waals surface area contributed by atoms with Gasteiger partial charge in [-0.15, -0.1) is 0 Å². The van der Waals surface area contributed by atoms with Gasteiger partial charge in [0.2, 0.25) is 11.8 Å². The van der Waals surface area contributed by atoms with Gasteiger partial charge in [-0.3, -0.25) is 9.59 Å². The van der Waals surface area contributed by atoms with Crippen LogP contribution in [0.2, 0.25) is 5.02 Å². The van der Waals surface area contributed by atoms with Gasteiger partial charge in [-0.05, 0) is 42.3 Å². The zero-order valence-corrected chi connectivity index (χ0v) is 15.6. The summed E-state index contributed by atoms with van der Waals surface area (Å²) >= 11 is 5.91.